The van der Waals surface area contributed by atoms with Crippen LogP contribution in [-0.4, -0.2) is 47.9 Å². The Labute approximate surface area is 120 Å². The van der Waals surface area contributed by atoms with Crippen LogP contribution >= 0.6 is 0 Å². The lowest BCUT2D eigenvalue weighted by atomic mass is 9.98. The summed E-state index contributed by atoms with van der Waals surface area (Å²) in [6.07, 6.45) is -3.60. The van der Waals surface area contributed by atoms with E-state index in [9.17, 15) is 13.2 Å². The second-order valence-corrected chi connectivity index (χ2v) is 4.80. The summed E-state index contributed by atoms with van der Waals surface area (Å²) in [7, 11) is 1.41. The summed E-state index contributed by atoms with van der Waals surface area (Å²) < 4.78 is 43.6. The maximum atomic E-state index is 12.9. The lowest BCUT2D eigenvalue weighted by molar-refractivity contribution is -0.176. The molecule has 0 bridgehead atoms. The predicted molar refractivity (Wildman–Crippen MR) is 71.5 cm³/mol. The van der Waals surface area contributed by atoms with Crippen LogP contribution in [0.15, 0.2) is 0 Å². The summed E-state index contributed by atoms with van der Waals surface area (Å²) in [5.41, 5.74) is 0. The number of alkyl halides is 3. The van der Waals surface area contributed by atoms with Crippen LogP contribution in [0.5, 0.6) is 6.01 Å². The Hall–Kier alpha value is -1.80. The largest absolute Gasteiger partial charge is 0.467 e. The number of methoxy groups -OCH3 is 1. The highest BCUT2D eigenvalue weighted by Crippen LogP contribution is 2.34. The van der Waals surface area contributed by atoms with Gasteiger partial charge in [-0.05, 0) is 19.8 Å². The highest BCUT2D eigenvalue weighted by Gasteiger charge is 2.42. The minimum absolute atomic E-state index is 0.0880. The first kappa shape index (κ1) is 15.6. The average molecular weight is 305 g/mol. The molecule has 1 aliphatic rings. The van der Waals surface area contributed by atoms with Crippen LogP contribution in [0.3, 0.4) is 0 Å². The summed E-state index contributed by atoms with van der Waals surface area (Å²) in [6, 6.07) is 0.0880. The second-order valence-electron chi connectivity index (χ2n) is 4.80. The van der Waals surface area contributed by atoms with Gasteiger partial charge in [-0.1, -0.05) is 0 Å². The molecule has 1 fully saturated rings. The monoisotopic (exact) mass is 305 g/mol. The summed E-state index contributed by atoms with van der Waals surface area (Å²) in [6.45, 7) is 2.82. The Morgan fingerprint density at radius 3 is 2.71 bits per heavy atom. The molecule has 1 unspecified atom stereocenters. The normalized spacial score (nSPS) is 19.5. The highest BCUT2D eigenvalue weighted by atomic mass is 19.4. The number of rotatable bonds is 4. The fourth-order valence-corrected chi connectivity index (χ4v) is 2.24. The van der Waals surface area contributed by atoms with E-state index in [1.807, 2.05) is 6.92 Å². The summed E-state index contributed by atoms with van der Waals surface area (Å²) >= 11 is 0. The van der Waals surface area contributed by atoms with Crippen LogP contribution < -0.4 is 15.0 Å². The minimum atomic E-state index is -4.19. The maximum absolute atomic E-state index is 12.9. The third kappa shape index (κ3) is 3.85. The van der Waals surface area contributed by atoms with Gasteiger partial charge in [-0.3, -0.25) is 0 Å². The number of ether oxygens (including phenoxy) is 1. The summed E-state index contributed by atoms with van der Waals surface area (Å²) in [5.74, 6) is -0.836. The molecule has 2 heterocycles. The second kappa shape index (κ2) is 6.31. The van der Waals surface area contributed by atoms with Crippen LogP contribution in [0.25, 0.3) is 0 Å². The van der Waals surface area contributed by atoms with Gasteiger partial charge in [0, 0.05) is 19.6 Å². The number of hydrogen-bond acceptors (Lipinski definition) is 6. The van der Waals surface area contributed by atoms with Crippen LogP contribution in [-0.2, 0) is 0 Å². The van der Waals surface area contributed by atoms with E-state index >= 15 is 0 Å². The molecule has 1 aromatic heterocycles. The Balaban J connectivity index is 2.21. The number of halogens is 3. The molecule has 2 rings (SSSR count). The minimum Gasteiger partial charge on any atom is -0.467 e. The predicted octanol–water partition coefficient (Wildman–Crippen LogP) is 2.09. The van der Waals surface area contributed by atoms with Gasteiger partial charge in [-0.15, -0.1) is 0 Å². The van der Waals surface area contributed by atoms with Gasteiger partial charge in [0.2, 0.25) is 11.9 Å². The molecule has 1 atom stereocenters. The average Bonchev–Trinajstić information content (AvgIpc) is 2.46. The van der Waals surface area contributed by atoms with Gasteiger partial charge in [0.1, 0.15) is 0 Å². The summed E-state index contributed by atoms with van der Waals surface area (Å²) in [4.78, 5) is 13.7. The molecule has 1 saturated heterocycles. The van der Waals surface area contributed by atoms with Crippen molar-refractivity contribution < 1.29 is 17.9 Å². The molecule has 0 saturated carbocycles. The Bertz CT molecular complexity index is 482. The van der Waals surface area contributed by atoms with E-state index in [0.717, 1.165) is 0 Å². The van der Waals surface area contributed by atoms with Crippen LogP contribution in [0, 0.1) is 5.92 Å². The van der Waals surface area contributed by atoms with Crippen molar-refractivity contribution in [2.24, 2.45) is 5.92 Å². The van der Waals surface area contributed by atoms with Gasteiger partial charge >= 0.3 is 12.2 Å². The maximum Gasteiger partial charge on any atom is 0.393 e. The molecule has 0 spiro atoms. The van der Waals surface area contributed by atoms with Gasteiger partial charge in [0.25, 0.3) is 0 Å². The number of nitrogens with zero attached hydrogens (tertiary/aromatic N) is 4. The van der Waals surface area contributed by atoms with Crippen molar-refractivity contribution >= 4 is 11.9 Å². The van der Waals surface area contributed by atoms with E-state index in [1.54, 1.807) is 0 Å². The van der Waals surface area contributed by atoms with Gasteiger partial charge in [0.05, 0.1) is 13.0 Å². The van der Waals surface area contributed by atoms with E-state index in [2.05, 4.69) is 20.3 Å². The topological polar surface area (TPSA) is 63.2 Å². The highest BCUT2D eigenvalue weighted by molar-refractivity contribution is 5.38. The molecule has 118 valence electrons. The molecule has 0 aromatic carbocycles. The smallest absolute Gasteiger partial charge is 0.393 e. The number of nitrogens with one attached hydrogen (secondary N) is 1. The molecule has 1 N–H and O–H groups in total. The van der Waals surface area contributed by atoms with Crippen molar-refractivity contribution in [1.29, 1.82) is 0 Å². The van der Waals surface area contributed by atoms with Crippen molar-refractivity contribution in [3.8, 4) is 6.01 Å². The van der Waals surface area contributed by atoms with Crippen molar-refractivity contribution in [1.82, 2.24) is 15.0 Å². The van der Waals surface area contributed by atoms with Crippen LogP contribution in [0.1, 0.15) is 19.8 Å². The first-order chi connectivity index (χ1) is 9.94. The van der Waals surface area contributed by atoms with Crippen molar-refractivity contribution in [3.63, 3.8) is 0 Å². The van der Waals surface area contributed by atoms with Gasteiger partial charge < -0.3 is 15.0 Å². The van der Waals surface area contributed by atoms with E-state index in [4.69, 9.17) is 4.74 Å². The van der Waals surface area contributed by atoms with E-state index < -0.39 is 12.1 Å². The number of hydrogen-bond donors (Lipinski definition) is 1. The first-order valence-corrected chi connectivity index (χ1v) is 6.79. The van der Waals surface area contributed by atoms with Crippen molar-refractivity contribution in [2.45, 2.75) is 25.9 Å². The zero-order chi connectivity index (χ0) is 15.5. The fourth-order valence-electron chi connectivity index (χ4n) is 2.24. The Morgan fingerprint density at radius 2 is 2.10 bits per heavy atom. The zero-order valence-corrected chi connectivity index (χ0v) is 11.9. The van der Waals surface area contributed by atoms with Gasteiger partial charge in [0.15, 0.2) is 0 Å². The first-order valence-electron chi connectivity index (χ1n) is 6.79. The van der Waals surface area contributed by atoms with Crippen LogP contribution in [0.4, 0.5) is 25.1 Å². The molecule has 9 heteroatoms. The Morgan fingerprint density at radius 1 is 1.33 bits per heavy atom. The number of piperidine rings is 1. The molecule has 21 heavy (non-hydrogen) atoms. The third-order valence-corrected chi connectivity index (χ3v) is 3.29. The molecule has 0 aliphatic carbocycles. The van der Waals surface area contributed by atoms with E-state index in [1.165, 1.54) is 12.0 Å². The lowest BCUT2D eigenvalue weighted by Crippen LogP contribution is -2.42. The van der Waals surface area contributed by atoms with E-state index in [0.29, 0.717) is 25.5 Å². The third-order valence-electron chi connectivity index (χ3n) is 3.29. The molecule has 6 nitrogen and oxygen atoms in total. The summed E-state index contributed by atoms with van der Waals surface area (Å²) in [5, 5.41) is 2.91. The van der Waals surface area contributed by atoms with Gasteiger partial charge in [-0.25, -0.2) is 0 Å². The number of anilines is 2. The van der Waals surface area contributed by atoms with E-state index in [-0.39, 0.29) is 24.9 Å². The quantitative estimate of drug-likeness (QED) is 0.919. The van der Waals surface area contributed by atoms with Crippen LogP contribution in [0.2, 0.25) is 0 Å². The SMILES string of the molecule is CCNc1nc(OC)nc(N2CCCC(C(F)(F)F)C2)n1. The molecule has 1 aromatic rings. The number of aromatic nitrogens is 3. The standard InChI is InChI=1S/C12H18F3N5O/c1-3-16-9-17-10(19-11(18-9)21-2)20-6-4-5-8(7-20)12(13,14)15/h8H,3-7H2,1-2H3,(H,16,17,18,19). The van der Waals surface area contributed by atoms with Crippen molar-refractivity contribution in [3.05, 3.63) is 0 Å². The Kier molecular flexibility index (Phi) is 4.69. The molecule has 0 amide bonds. The fraction of sp³-hybridized carbons (Fsp3) is 0.750. The van der Waals surface area contributed by atoms with Gasteiger partial charge in [-0.2, -0.15) is 28.1 Å². The zero-order valence-electron chi connectivity index (χ0n) is 11.9. The molecule has 1 aliphatic heterocycles. The molecular weight excluding hydrogens is 287 g/mol. The molecule has 0 radical (unpaired) electrons. The van der Waals surface area contributed by atoms with Crippen molar-refractivity contribution in [2.75, 3.05) is 37.0 Å². The lowest BCUT2D eigenvalue weighted by Gasteiger charge is -2.33. The molecular formula is C12H18F3N5O.